The van der Waals surface area contributed by atoms with Crippen molar-refractivity contribution >= 4 is 0 Å². The molecule has 5 nitrogen and oxygen atoms in total. The molecule has 0 saturated heterocycles. The van der Waals surface area contributed by atoms with Crippen molar-refractivity contribution in [2.75, 3.05) is 0 Å². The van der Waals surface area contributed by atoms with Crippen LogP contribution in [0.5, 0.6) is 0 Å². The molecular formula is C13H13N5. The van der Waals surface area contributed by atoms with Gasteiger partial charge in [0.25, 0.3) is 0 Å². The highest BCUT2D eigenvalue weighted by Gasteiger charge is 2.02. The summed E-state index contributed by atoms with van der Waals surface area (Å²) in [6.45, 7) is 0. The first-order valence-electron chi connectivity index (χ1n) is 5.63. The van der Waals surface area contributed by atoms with Crippen LogP contribution in [-0.2, 0) is 14.1 Å². The number of rotatable bonds is 2. The smallest absolute Gasteiger partial charge is 0.244 e. The second-order valence-corrected chi connectivity index (χ2v) is 4.11. The van der Waals surface area contributed by atoms with Gasteiger partial charge in [0.05, 0.1) is 14.1 Å². The van der Waals surface area contributed by atoms with Crippen LogP contribution in [0.1, 0.15) is 0 Å². The van der Waals surface area contributed by atoms with Crippen LogP contribution in [0.15, 0.2) is 43.0 Å². The second kappa shape index (κ2) is 4.10. The van der Waals surface area contributed by atoms with Gasteiger partial charge < -0.3 is 18.3 Å². The molecule has 0 fully saturated rings. The molecular weight excluding hydrogens is 226 g/mol. The Balaban J connectivity index is 2.04. The van der Waals surface area contributed by atoms with Gasteiger partial charge in [0.1, 0.15) is 11.6 Å². The zero-order chi connectivity index (χ0) is 12.5. The van der Waals surface area contributed by atoms with E-state index in [1.54, 1.807) is 0 Å². The number of imidazole rings is 2. The lowest BCUT2D eigenvalue weighted by Gasteiger charge is -2.06. The Bertz CT molecular complexity index is 625. The molecule has 5 heteroatoms. The largest absolute Gasteiger partial charge is 0.323 e. The van der Waals surface area contributed by atoms with Crippen molar-refractivity contribution < 1.29 is 9.13 Å². The van der Waals surface area contributed by atoms with Gasteiger partial charge in [-0.3, -0.25) is 4.98 Å². The Morgan fingerprint density at radius 2 is 1.44 bits per heavy atom. The maximum atomic E-state index is 4.58. The fraction of sp³-hybridized carbons (Fsp3) is 0.154. The van der Waals surface area contributed by atoms with Crippen LogP contribution in [0.2, 0.25) is 0 Å². The molecule has 18 heavy (non-hydrogen) atoms. The molecule has 3 aromatic heterocycles. The van der Waals surface area contributed by atoms with Gasteiger partial charge in [-0.2, -0.15) is 0 Å². The molecule has 0 aromatic carbocycles. The van der Waals surface area contributed by atoms with E-state index in [4.69, 9.17) is 0 Å². The number of pyridine rings is 1. The van der Waals surface area contributed by atoms with Gasteiger partial charge in [-0.15, -0.1) is 0 Å². The van der Waals surface area contributed by atoms with Gasteiger partial charge in [-0.05, 0) is 12.1 Å². The zero-order valence-corrected chi connectivity index (χ0v) is 10.3. The predicted octanol–water partition coefficient (Wildman–Crippen LogP) is -0.0876. The lowest BCUT2D eigenvalue weighted by atomic mass is 10.4. The van der Waals surface area contributed by atoms with Gasteiger partial charge in [-0.1, -0.05) is 6.07 Å². The summed E-state index contributed by atoms with van der Waals surface area (Å²) in [7, 11) is 3.86. The monoisotopic (exact) mass is 239 g/mol. The van der Waals surface area contributed by atoms with Crippen LogP contribution < -0.4 is 9.13 Å². The first-order valence-corrected chi connectivity index (χ1v) is 5.63. The first kappa shape index (κ1) is 10.7. The Morgan fingerprint density at radius 1 is 0.944 bits per heavy atom. The van der Waals surface area contributed by atoms with Crippen LogP contribution in [0.4, 0.5) is 0 Å². The van der Waals surface area contributed by atoms with Crippen molar-refractivity contribution in [3.8, 4) is 11.6 Å². The lowest BCUT2D eigenvalue weighted by Crippen LogP contribution is -2.24. The highest BCUT2D eigenvalue weighted by molar-refractivity contribution is 5.31. The topological polar surface area (TPSA) is 30.5 Å². The summed E-state index contributed by atoms with van der Waals surface area (Å²) in [6.07, 6.45) is 13.9. The van der Waals surface area contributed by atoms with Crippen molar-refractivity contribution in [3.63, 3.8) is 0 Å². The standard InChI is InChI=1S/C13H13N5/c1-15-6-8-17(10-15)12-4-3-5-13(14-12)18-9-7-16(2)11-18/h3-9H,1-2H3. The van der Waals surface area contributed by atoms with Crippen molar-refractivity contribution in [2.45, 2.75) is 0 Å². The van der Waals surface area contributed by atoms with Gasteiger partial charge >= 0.3 is 0 Å². The summed E-state index contributed by atoms with van der Waals surface area (Å²) >= 11 is 0. The summed E-state index contributed by atoms with van der Waals surface area (Å²) in [5.41, 5.74) is 0. The Labute approximate surface area is 105 Å². The molecule has 90 valence electrons. The highest BCUT2D eigenvalue weighted by atomic mass is 15.2. The molecule has 0 aliphatic rings. The molecule has 0 N–H and O–H groups in total. The van der Waals surface area contributed by atoms with E-state index in [-0.39, 0.29) is 0 Å². The van der Waals surface area contributed by atoms with Crippen molar-refractivity contribution in [3.05, 3.63) is 55.6 Å². The minimum Gasteiger partial charge on any atom is -0.323 e. The highest BCUT2D eigenvalue weighted by Crippen LogP contribution is 2.07. The average Bonchev–Trinajstić information content (AvgIpc) is 2.98. The van der Waals surface area contributed by atoms with E-state index in [0.29, 0.717) is 0 Å². The number of hydrogen-bond acceptors (Lipinski definition) is 1. The fourth-order valence-corrected chi connectivity index (χ4v) is 1.74. The SMILES string of the molecule is C[n+]1[c-]n(-c2cccc(-n3[c-][n+](C)cc3)n2)cc1. The lowest BCUT2D eigenvalue weighted by molar-refractivity contribution is -0.675. The predicted molar refractivity (Wildman–Crippen MR) is 62.9 cm³/mol. The Morgan fingerprint density at radius 3 is 1.83 bits per heavy atom. The van der Waals surface area contributed by atoms with E-state index in [2.05, 4.69) is 17.6 Å². The number of aromatic nitrogens is 5. The minimum absolute atomic E-state index is 0.831. The normalized spacial score (nSPS) is 10.8. The fourth-order valence-electron chi connectivity index (χ4n) is 1.74. The molecule has 3 heterocycles. The summed E-state index contributed by atoms with van der Waals surface area (Å²) in [6, 6.07) is 5.87. The van der Waals surface area contributed by atoms with Crippen LogP contribution >= 0.6 is 0 Å². The minimum atomic E-state index is 0.831. The third kappa shape index (κ3) is 1.90. The molecule has 0 aliphatic carbocycles. The first-order chi connectivity index (χ1) is 8.72. The van der Waals surface area contributed by atoms with Crippen molar-refractivity contribution in [2.24, 2.45) is 14.1 Å². The van der Waals surface area contributed by atoms with Gasteiger partial charge in [0, 0.05) is 24.8 Å². The van der Waals surface area contributed by atoms with Gasteiger partial charge in [-0.25, -0.2) is 0 Å². The van der Waals surface area contributed by atoms with E-state index in [1.807, 2.05) is 75.4 Å². The van der Waals surface area contributed by atoms with E-state index in [1.165, 1.54) is 0 Å². The number of nitrogens with zero attached hydrogens (tertiary/aromatic N) is 5. The summed E-state index contributed by atoms with van der Waals surface area (Å²) in [4.78, 5) is 4.58. The molecule has 3 rings (SSSR count). The van der Waals surface area contributed by atoms with E-state index in [9.17, 15) is 0 Å². The number of aryl methyl sites for hydroxylation is 2. The molecule has 0 unspecified atom stereocenters. The molecule has 0 radical (unpaired) electrons. The molecule has 3 aromatic rings. The average molecular weight is 239 g/mol. The van der Waals surface area contributed by atoms with Crippen molar-refractivity contribution in [1.82, 2.24) is 14.1 Å². The van der Waals surface area contributed by atoms with Crippen LogP contribution in [0, 0.1) is 12.7 Å². The summed E-state index contributed by atoms with van der Waals surface area (Å²) in [5, 5.41) is 0. The summed E-state index contributed by atoms with van der Waals surface area (Å²) in [5.74, 6) is 1.66. The summed E-state index contributed by atoms with van der Waals surface area (Å²) < 4.78 is 7.42. The van der Waals surface area contributed by atoms with Crippen LogP contribution in [0.3, 0.4) is 0 Å². The third-order valence-electron chi connectivity index (χ3n) is 2.62. The van der Waals surface area contributed by atoms with Crippen molar-refractivity contribution in [1.29, 1.82) is 0 Å². The Kier molecular flexibility index (Phi) is 2.44. The molecule has 0 atom stereocenters. The third-order valence-corrected chi connectivity index (χ3v) is 2.62. The van der Waals surface area contributed by atoms with E-state index in [0.717, 1.165) is 11.6 Å². The molecule has 0 bridgehead atoms. The number of hydrogen-bond donors (Lipinski definition) is 0. The molecule has 0 spiro atoms. The maximum absolute atomic E-state index is 4.58. The second-order valence-electron chi connectivity index (χ2n) is 4.11. The molecule has 0 amide bonds. The van der Waals surface area contributed by atoms with E-state index < -0.39 is 0 Å². The zero-order valence-electron chi connectivity index (χ0n) is 10.3. The van der Waals surface area contributed by atoms with Gasteiger partial charge in [0.15, 0.2) is 0 Å². The molecule has 0 saturated carbocycles. The maximum Gasteiger partial charge on any atom is 0.244 e. The quantitative estimate of drug-likeness (QED) is 0.454. The van der Waals surface area contributed by atoms with Gasteiger partial charge in [0.2, 0.25) is 12.7 Å². The van der Waals surface area contributed by atoms with Crippen LogP contribution in [-0.4, -0.2) is 14.1 Å². The van der Waals surface area contributed by atoms with E-state index >= 15 is 0 Å². The molecule has 0 aliphatic heterocycles. The Hall–Kier alpha value is -2.43. The van der Waals surface area contributed by atoms with Crippen LogP contribution in [0.25, 0.3) is 11.6 Å².